The molecule has 176 valence electrons. The van der Waals surface area contributed by atoms with Crippen LogP contribution in [0.5, 0.6) is 0 Å². The van der Waals surface area contributed by atoms with Gasteiger partial charge in [-0.25, -0.2) is 4.99 Å². The zero-order valence-electron chi connectivity index (χ0n) is 20.1. The molecule has 1 aliphatic carbocycles. The minimum Gasteiger partial charge on any atom is -0.369 e. The van der Waals surface area contributed by atoms with Crippen molar-refractivity contribution in [3.8, 4) is 0 Å². The van der Waals surface area contributed by atoms with Gasteiger partial charge in [-0.1, -0.05) is 76.6 Å². The fourth-order valence-corrected chi connectivity index (χ4v) is 4.76. The Morgan fingerprint density at radius 3 is 2.44 bits per heavy atom. The molecule has 6 heteroatoms. The second-order valence-electron chi connectivity index (χ2n) is 9.74. The molecule has 3 rings (SSSR count). The van der Waals surface area contributed by atoms with Crippen molar-refractivity contribution in [2.75, 3.05) is 6.54 Å². The highest BCUT2D eigenvalue weighted by Gasteiger charge is 2.33. The Hall–Kier alpha value is -2.37. The highest BCUT2D eigenvalue weighted by atomic mass is 16.2. The molecule has 1 aromatic rings. The number of benzene rings is 1. The lowest BCUT2D eigenvalue weighted by atomic mass is 9.85. The molecule has 2 N–H and O–H groups in total. The maximum Gasteiger partial charge on any atom is 0.254 e. The fourth-order valence-electron chi connectivity index (χ4n) is 4.76. The molecule has 0 spiro atoms. The SMILES string of the molecule is CC[C@H](C)CN(Cc1ccc(CN2C(=O)C(CCC3CCCCC3)N=C2N)cc1)C(C)=O. The summed E-state index contributed by atoms with van der Waals surface area (Å²) in [4.78, 5) is 32.9. The standard InChI is InChI=1S/C26H40N4O2/c1-4-19(2)16-29(20(3)31)17-22-10-12-23(13-11-22)18-30-25(32)24(28-26(30)27)15-14-21-8-6-5-7-9-21/h10-13,19,21,24H,4-9,14-18H2,1-3H3,(H2,27,28)/t19-,24?/m0/s1. The minimum absolute atomic E-state index is 0.0266. The van der Waals surface area contributed by atoms with E-state index in [0.717, 1.165) is 42.9 Å². The number of amides is 2. The van der Waals surface area contributed by atoms with E-state index >= 15 is 0 Å². The molecule has 0 bridgehead atoms. The van der Waals surface area contributed by atoms with Crippen molar-refractivity contribution in [1.82, 2.24) is 9.80 Å². The number of nitrogens with two attached hydrogens (primary N) is 1. The third-order valence-corrected chi connectivity index (χ3v) is 7.10. The molecule has 2 atom stereocenters. The van der Waals surface area contributed by atoms with Gasteiger partial charge < -0.3 is 10.6 Å². The maximum absolute atomic E-state index is 12.9. The van der Waals surface area contributed by atoms with Gasteiger partial charge in [-0.05, 0) is 35.8 Å². The zero-order chi connectivity index (χ0) is 23.1. The first-order valence-electron chi connectivity index (χ1n) is 12.3. The van der Waals surface area contributed by atoms with Crippen LogP contribution in [0.15, 0.2) is 29.3 Å². The summed E-state index contributed by atoms with van der Waals surface area (Å²) >= 11 is 0. The van der Waals surface area contributed by atoms with E-state index in [1.54, 1.807) is 11.8 Å². The lowest BCUT2D eigenvalue weighted by Crippen LogP contribution is -2.38. The summed E-state index contributed by atoms with van der Waals surface area (Å²) in [6.07, 6.45) is 9.48. The number of hydrogen-bond donors (Lipinski definition) is 1. The Morgan fingerprint density at radius 2 is 1.81 bits per heavy atom. The average molecular weight is 441 g/mol. The molecular formula is C26H40N4O2. The van der Waals surface area contributed by atoms with Crippen molar-refractivity contribution in [3.63, 3.8) is 0 Å². The molecule has 2 amide bonds. The molecule has 0 aromatic heterocycles. The Kier molecular flexibility index (Phi) is 8.71. The zero-order valence-corrected chi connectivity index (χ0v) is 20.1. The largest absolute Gasteiger partial charge is 0.369 e. The van der Waals surface area contributed by atoms with Gasteiger partial charge in [0.15, 0.2) is 5.96 Å². The highest BCUT2D eigenvalue weighted by molar-refractivity contribution is 6.04. The normalized spacial score (nSPS) is 20.3. The Bertz CT molecular complexity index is 799. The molecule has 0 saturated heterocycles. The summed E-state index contributed by atoms with van der Waals surface area (Å²) in [6, 6.07) is 7.80. The van der Waals surface area contributed by atoms with E-state index < -0.39 is 0 Å². The van der Waals surface area contributed by atoms with Gasteiger partial charge in [0, 0.05) is 20.0 Å². The van der Waals surface area contributed by atoms with Gasteiger partial charge in [0.2, 0.25) is 5.91 Å². The van der Waals surface area contributed by atoms with Crippen LogP contribution in [0.1, 0.15) is 83.3 Å². The summed E-state index contributed by atoms with van der Waals surface area (Å²) in [5.41, 5.74) is 8.22. The van der Waals surface area contributed by atoms with Gasteiger partial charge in [-0.15, -0.1) is 0 Å². The van der Waals surface area contributed by atoms with Crippen molar-refractivity contribution >= 4 is 17.8 Å². The van der Waals surface area contributed by atoms with Crippen molar-refractivity contribution in [2.24, 2.45) is 22.6 Å². The van der Waals surface area contributed by atoms with Gasteiger partial charge in [0.25, 0.3) is 5.91 Å². The summed E-state index contributed by atoms with van der Waals surface area (Å²) in [7, 11) is 0. The third-order valence-electron chi connectivity index (χ3n) is 7.10. The number of nitrogens with zero attached hydrogens (tertiary/aromatic N) is 3. The molecular weight excluding hydrogens is 400 g/mol. The second kappa shape index (κ2) is 11.5. The van der Waals surface area contributed by atoms with Crippen molar-refractivity contribution < 1.29 is 9.59 Å². The first kappa shape index (κ1) is 24.3. The van der Waals surface area contributed by atoms with Crippen LogP contribution in [0.3, 0.4) is 0 Å². The Morgan fingerprint density at radius 1 is 1.16 bits per heavy atom. The van der Waals surface area contributed by atoms with Crippen LogP contribution in [0.4, 0.5) is 0 Å². The van der Waals surface area contributed by atoms with Gasteiger partial charge in [-0.2, -0.15) is 0 Å². The van der Waals surface area contributed by atoms with Gasteiger partial charge in [0.1, 0.15) is 6.04 Å². The third kappa shape index (κ3) is 6.57. The summed E-state index contributed by atoms with van der Waals surface area (Å²) in [6.45, 7) is 7.76. The second-order valence-corrected chi connectivity index (χ2v) is 9.74. The van der Waals surface area contributed by atoms with E-state index in [2.05, 4.69) is 18.8 Å². The van der Waals surface area contributed by atoms with Crippen LogP contribution in [0, 0.1) is 11.8 Å². The molecule has 0 radical (unpaired) electrons. The predicted molar refractivity (Wildman–Crippen MR) is 129 cm³/mol. The van der Waals surface area contributed by atoms with Crippen molar-refractivity contribution in [1.29, 1.82) is 0 Å². The van der Waals surface area contributed by atoms with Gasteiger partial charge in [-0.3, -0.25) is 14.5 Å². The quantitative estimate of drug-likeness (QED) is 0.583. The summed E-state index contributed by atoms with van der Waals surface area (Å²) < 4.78 is 0. The first-order valence-corrected chi connectivity index (χ1v) is 12.3. The van der Waals surface area contributed by atoms with E-state index in [4.69, 9.17) is 5.73 Å². The first-order chi connectivity index (χ1) is 15.4. The van der Waals surface area contributed by atoms with Crippen LogP contribution >= 0.6 is 0 Å². The van der Waals surface area contributed by atoms with Crippen LogP contribution in [-0.2, 0) is 22.7 Å². The van der Waals surface area contributed by atoms with E-state index in [-0.39, 0.29) is 17.9 Å². The van der Waals surface area contributed by atoms with Crippen LogP contribution in [-0.4, -0.2) is 40.2 Å². The molecule has 1 fully saturated rings. The Labute approximate surface area is 193 Å². The number of guanidine groups is 1. The van der Waals surface area contributed by atoms with Crippen molar-refractivity contribution in [3.05, 3.63) is 35.4 Å². The lowest BCUT2D eigenvalue weighted by Gasteiger charge is -2.24. The molecule has 6 nitrogen and oxygen atoms in total. The molecule has 1 aliphatic heterocycles. The summed E-state index contributed by atoms with van der Waals surface area (Å²) in [5, 5.41) is 0. The molecule has 1 aromatic carbocycles. The smallest absolute Gasteiger partial charge is 0.254 e. The van der Waals surface area contributed by atoms with E-state index in [9.17, 15) is 9.59 Å². The number of carbonyl (C=O) groups excluding carboxylic acids is 2. The lowest BCUT2D eigenvalue weighted by molar-refractivity contribution is -0.130. The number of rotatable bonds is 10. The number of carbonyl (C=O) groups is 2. The van der Waals surface area contributed by atoms with E-state index in [0.29, 0.717) is 25.0 Å². The monoisotopic (exact) mass is 440 g/mol. The van der Waals surface area contributed by atoms with Gasteiger partial charge in [0.05, 0.1) is 6.54 Å². The number of hydrogen-bond acceptors (Lipinski definition) is 4. The van der Waals surface area contributed by atoms with Gasteiger partial charge >= 0.3 is 0 Å². The fraction of sp³-hybridized carbons (Fsp3) is 0.654. The van der Waals surface area contributed by atoms with Crippen LogP contribution in [0.25, 0.3) is 0 Å². The maximum atomic E-state index is 12.9. The van der Waals surface area contributed by atoms with E-state index in [1.807, 2.05) is 29.2 Å². The van der Waals surface area contributed by atoms with Crippen LogP contribution < -0.4 is 5.73 Å². The topological polar surface area (TPSA) is 79.0 Å². The molecule has 1 unspecified atom stereocenters. The predicted octanol–water partition coefficient (Wildman–Crippen LogP) is 4.47. The average Bonchev–Trinajstić information content (AvgIpc) is 3.06. The molecule has 32 heavy (non-hydrogen) atoms. The van der Waals surface area contributed by atoms with E-state index in [1.165, 1.54) is 32.1 Å². The highest BCUT2D eigenvalue weighted by Crippen LogP contribution is 2.29. The van der Waals surface area contributed by atoms with Crippen LogP contribution in [0.2, 0.25) is 0 Å². The number of aliphatic imine (C=N–C) groups is 1. The molecule has 2 aliphatic rings. The minimum atomic E-state index is -0.319. The van der Waals surface area contributed by atoms with Crippen molar-refractivity contribution in [2.45, 2.75) is 91.3 Å². The molecule has 1 heterocycles. The Balaban J connectivity index is 1.53. The molecule has 1 saturated carbocycles. The summed E-state index contributed by atoms with van der Waals surface area (Å²) in [5.74, 6) is 1.68.